The summed E-state index contributed by atoms with van der Waals surface area (Å²) >= 11 is 8.73. The molecule has 0 atom stereocenters. The van der Waals surface area contributed by atoms with E-state index < -0.39 is 5.82 Å². The highest BCUT2D eigenvalue weighted by atomic mass is 35.5. The van der Waals surface area contributed by atoms with E-state index in [0.29, 0.717) is 16.3 Å². The number of nitrogens with one attached hydrogen (secondary N) is 1. The number of carbonyl (C=O) groups excluding carboxylic acids is 1. The van der Waals surface area contributed by atoms with Gasteiger partial charge in [-0.1, -0.05) is 29.4 Å². The molecule has 0 aliphatic carbocycles. The minimum absolute atomic E-state index is 0.0397. The van der Waals surface area contributed by atoms with Gasteiger partial charge in [0.1, 0.15) is 10.8 Å². The van der Waals surface area contributed by atoms with Crippen molar-refractivity contribution in [2.45, 2.75) is 9.24 Å². The van der Waals surface area contributed by atoms with Crippen molar-refractivity contribution in [3.8, 4) is 0 Å². The minimum atomic E-state index is -0.528. The van der Waals surface area contributed by atoms with Gasteiger partial charge in [0, 0.05) is 11.9 Å². The van der Waals surface area contributed by atoms with Crippen LogP contribution in [0.5, 0.6) is 0 Å². The number of carbonyl (C=O) groups is 1. The molecule has 0 saturated carbocycles. The Balaban J connectivity index is 1.83. The molecular formula is C16H10ClFN2OS2. The molecule has 0 bridgehead atoms. The summed E-state index contributed by atoms with van der Waals surface area (Å²) in [6.45, 7) is 0. The SMILES string of the molecule is O=C(Nc1ccc(F)c(Cl)c1)c1cccnc1Sc1cccs1. The van der Waals surface area contributed by atoms with Crippen molar-refractivity contribution in [2.75, 3.05) is 5.32 Å². The molecular weight excluding hydrogens is 355 g/mol. The molecule has 0 unspecified atom stereocenters. The zero-order chi connectivity index (χ0) is 16.2. The average Bonchev–Trinajstić information content (AvgIpc) is 3.04. The standard InChI is InChI=1S/C16H10ClFN2OS2/c17-12-9-10(5-6-13(12)18)20-15(21)11-3-1-7-19-16(11)23-14-4-2-8-22-14/h1-9H,(H,20,21). The van der Waals surface area contributed by atoms with Crippen LogP contribution in [0.25, 0.3) is 0 Å². The average molecular weight is 365 g/mol. The first-order chi connectivity index (χ1) is 11.1. The van der Waals surface area contributed by atoms with Crippen molar-refractivity contribution in [1.29, 1.82) is 0 Å². The Bertz CT molecular complexity index is 840. The summed E-state index contributed by atoms with van der Waals surface area (Å²) in [5.41, 5.74) is 0.878. The highest BCUT2D eigenvalue weighted by Crippen LogP contribution is 2.32. The zero-order valence-corrected chi connectivity index (χ0v) is 14.0. The second kappa shape index (κ2) is 7.12. The normalized spacial score (nSPS) is 10.5. The number of benzene rings is 1. The summed E-state index contributed by atoms with van der Waals surface area (Å²) in [4.78, 5) is 16.7. The quantitative estimate of drug-likeness (QED) is 0.679. The topological polar surface area (TPSA) is 42.0 Å². The van der Waals surface area contributed by atoms with Gasteiger partial charge in [0.25, 0.3) is 5.91 Å². The fourth-order valence-corrected chi connectivity index (χ4v) is 3.78. The van der Waals surface area contributed by atoms with Crippen LogP contribution in [-0.2, 0) is 0 Å². The van der Waals surface area contributed by atoms with Crippen molar-refractivity contribution in [3.63, 3.8) is 0 Å². The van der Waals surface area contributed by atoms with Gasteiger partial charge in [-0.25, -0.2) is 9.37 Å². The number of nitrogens with zero attached hydrogens (tertiary/aromatic N) is 1. The predicted octanol–water partition coefficient (Wildman–Crippen LogP) is 5.34. The van der Waals surface area contributed by atoms with E-state index in [4.69, 9.17) is 11.6 Å². The number of amides is 1. The summed E-state index contributed by atoms with van der Waals surface area (Å²) < 4.78 is 14.2. The third-order valence-corrected chi connectivity index (χ3v) is 5.23. The van der Waals surface area contributed by atoms with E-state index >= 15 is 0 Å². The Hall–Kier alpha value is -1.89. The van der Waals surface area contributed by atoms with Crippen LogP contribution < -0.4 is 5.32 Å². The number of anilines is 1. The summed E-state index contributed by atoms with van der Waals surface area (Å²) in [6, 6.07) is 11.3. The zero-order valence-electron chi connectivity index (χ0n) is 11.6. The Morgan fingerprint density at radius 1 is 1.26 bits per heavy atom. The summed E-state index contributed by atoms with van der Waals surface area (Å²) in [7, 11) is 0. The molecule has 1 amide bonds. The predicted molar refractivity (Wildman–Crippen MR) is 92.0 cm³/mol. The molecule has 3 aromatic rings. The van der Waals surface area contributed by atoms with Crippen molar-refractivity contribution in [2.24, 2.45) is 0 Å². The Labute approximate surface area is 145 Å². The molecule has 1 N–H and O–H groups in total. The molecule has 0 radical (unpaired) electrons. The highest BCUT2D eigenvalue weighted by molar-refractivity contribution is 8.01. The molecule has 116 valence electrons. The van der Waals surface area contributed by atoms with Crippen LogP contribution in [0.2, 0.25) is 5.02 Å². The van der Waals surface area contributed by atoms with Gasteiger partial charge in [-0.3, -0.25) is 4.79 Å². The Kier molecular flexibility index (Phi) is 4.95. The van der Waals surface area contributed by atoms with Gasteiger partial charge < -0.3 is 5.32 Å². The van der Waals surface area contributed by atoms with Crippen LogP contribution in [0.1, 0.15) is 10.4 Å². The second-order valence-electron chi connectivity index (χ2n) is 4.47. The van der Waals surface area contributed by atoms with Gasteiger partial charge in [-0.2, -0.15) is 0 Å². The van der Waals surface area contributed by atoms with Crippen molar-refractivity contribution < 1.29 is 9.18 Å². The summed E-state index contributed by atoms with van der Waals surface area (Å²) in [6.07, 6.45) is 1.64. The van der Waals surface area contributed by atoms with Gasteiger partial charge >= 0.3 is 0 Å². The van der Waals surface area contributed by atoms with E-state index in [1.54, 1.807) is 29.7 Å². The van der Waals surface area contributed by atoms with Gasteiger partial charge in [-0.15, -0.1) is 11.3 Å². The highest BCUT2D eigenvalue weighted by Gasteiger charge is 2.14. The molecule has 0 spiro atoms. The minimum Gasteiger partial charge on any atom is -0.322 e. The molecule has 3 rings (SSSR count). The van der Waals surface area contributed by atoms with E-state index in [1.165, 1.54) is 30.0 Å². The van der Waals surface area contributed by atoms with Crippen molar-refractivity contribution in [1.82, 2.24) is 4.98 Å². The second-order valence-corrected chi connectivity index (χ2v) is 7.12. The monoisotopic (exact) mass is 364 g/mol. The van der Waals surface area contributed by atoms with Crippen LogP contribution in [0, 0.1) is 5.82 Å². The van der Waals surface area contributed by atoms with E-state index in [9.17, 15) is 9.18 Å². The first-order valence-electron chi connectivity index (χ1n) is 6.56. The maximum absolute atomic E-state index is 13.2. The lowest BCUT2D eigenvalue weighted by Gasteiger charge is -2.09. The Morgan fingerprint density at radius 2 is 2.13 bits per heavy atom. The number of pyridine rings is 1. The molecule has 0 aliphatic rings. The maximum Gasteiger partial charge on any atom is 0.258 e. The summed E-state index contributed by atoms with van der Waals surface area (Å²) in [5, 5.41) is 5.24. The fourth-order valence-electron chi connectivity index (χ4n) is 1.83. The molecule has 7 heteroatoms. The molecule has 0 fully saturated rings. The number of hydrogen-bond donors (Lipinski definition) is 1. The van der Waals surface area contributed by atoms with Gasteiger partial charge in [0.15, 0.2) is 0 Å². The number of thiophene rings is 1. The number of hydrogen-bond acceptors (Lipinski definition) is 4. The van der Waals surface area contributed by atoms with Crippen molar-refractivity contribution in [3.05, 3.63) is 70.4 Å². The van der Waals surface area contributed by atoms with Crippen LogP contribution >= 0.6 is 34.7 Å². The number of rotatable bonds is 4. The maximum atomic E-state index is 13.2. The molecule has 23 heavy (non-hydrogen) atoms. The van der Waals surface area contributed by atoms with Crippen LogP contribution in [-0.4, -0.2) is 10.9 Å². The first-order valence-corrected chi connectivity index (χ1v) is 8.63. The third kappa shape index (κ3) is 3.90. The van der Waals surface area contributed by atoms with Gasteiger partial charge in [0.2, 0.25) is 0 Å². The third-order valence-electron chi connectivity index (χ3n) is 2.89. The lowest BCUT2D eigenvalue weighted by Crippen LogP contribution is -2.13. The Morgan fingerprint density at radius 3 is 2.87 bits per heavy atom. The lowest BCUT2D eigenvalue weighted by molar-refractivity contribution is 0.102. The molecule has 0 saturated heterocycles. The van der Waals surface area contributed by atoms with Gasteiger partial charge in [0.05, 0.1) is 14.8 Å². The largest absolute Gasteiger partial charge is 0.322 e. The van der Waals surface area contributed by atoms with Crippen molar-refractivity contribution >= 4 is 46.3 Å². The van der Waals surface area contributed by atoms with E-state index in [-0.39, 0.29) is 10.9 Å². The van der Waals surface area contributed by atoms with Crippen LogP contribution in [0.4, 0.5) is 10.1 Å². The smallest absolute Gasteiger partial charge is 0.258 e. The van der Waals surface area contributed by atoms with Crippen LogP contribution in [0.15, 0.2) is 63.3 Å². The number of halogens is 2. The van der Waals surface area contributed by atoms with E-state index in [1.807, 2.05) is 17.5 Å². The molecule has 2 heterocycles. The fraction of sp³-hybridized carbons (Fsp3) is 0. The number of aromatic nitrogens is 1. The van der Waals surface area contributed by atoms with Gasteiger partial charge in [-0.05, 0) is 41.8 Å². The molecule has 3 nitrogen and oxygen atoms in total. The molecule has 1 aromatic carbocycles. The van der Waals surface area contributed by atoms with E-state index in [2.05, 4.69) is 10.3 Å². The van der Waals surface area contributed by atoms with Crippen LogP contribution in [0.3, 0.4) is 0 Å². The molecule has 2 aromatic heterocycles. The molecule has 0 aliphatic heterocycles. The van der Waals surface area contributed by atoms with E-state index in [0.717, 1.165) is 4.21 Å². The lowest BCUT2D eigenvalue weighted by atomic mass is 10.2. The first kappa shape index (κ1) is 16.0. The summed E-state index contributed by atoms with van der Waals surface area (Å²) in [5.74, 6) is -0.847.